The van der Waals surface area contributed by atoms with E-state index in [1.807, 2.05) is 12.2 Å². The minimum Gasteiger partial charge on any atom is -0.462 e. The third-order valence-corrected chi connectivity index (χ3v) is 4.10. The van der Waals surface area contributed by atoms with Crippen molar-refractivity contribution in [3.63, 3.8) is 0 Å². The van der Waals surface area contributed by atoms with Gasteiger partial charge in [-0.05, 0) is 45.1 Å². The second-order valence-corrected chi connectivity index (χ2v) is 5.90. The average molecular weight is 333 g/mol. The highest BCUT2D eigenvalue weighted by atomic mass is 16.5. The summed E-state index contributed by atoms with van der Waals surface area (Å²) in [5.41, 5.74) is 1.73. The largest absolute Gasteiger partial charge is 0.462 e. The lowest BCUT2D eigenvalue weighted by molar-refractivity contribution is -0.143. The zero-order chi connectivity index (χ0) is 17.7. The molecular formula is C18H23NO5. The summed E-state index contributed by atoms with van der Waals surface area (Å²) < 4.78 is 10.1. The molecule has 6 heteroatoms. The molecule has 1 aromatic rings. The van der Waals surface area contributed by atoms with Crippen LogP contribution in [0.25, 0.3) is 0 Å². The van der Waals surface area contributed by atoms with E-state index >= 15 is 0 Å². The van der Waals surface area contributed by atoms with Crippen LogP contribution in [0.1, 0.15) is 58.3 Å². The molecule has 0 aliphatic heterocycles. The Morgan fingerprint density at radius 2 is 2.00 bits per heavy atom. The van der Waals surface area contributed by atoms with Gasteiger partial charge < -0.3 is 14.5 Å². The Bertz CT molecular complexity index is 671. The molecule has 130 valence electrons. The van der Waals surface area contributed by atoms with Crippen molar-refractivity contribution >= 4 is 17.7 Å². The molecule has 0 saturated carbocycles. The van der Waals surface area contributed by atoms with E-state index in [0.717, 1.165) is 12.8 Å². The molecule has 1 N–H and O–H groups in total. The number of aromatic nitrogens is 1. The molecule has 24 heavy (non-hydrogen) atoms. The topological polar surface area (TPSA) is 85.5 Å². The van der Waals surface area contributed by atoms with Gasteiger partial charge in [-0.2, -0.15) is 0 Å². The molecule has 6 nitrogen and oxygen atoms in total. The van der Waals surface area contributed by atoms with Gasteiger partial charge in [0, 0.05) is 5.69 Å². The number of H-pyrrole nitrogens is 1. The molecule has 0 amide bonds. The number of ether oxygens (including phenoxy) is 2. The number of rotatable bonds is 7. The normalized spacial score (nSPS) is 16.2. The number of allylic oxidation sites excluding steroid dienone is 2. The summed E-state index contributed by atoms with van der Waals surface area (Å²) in [6.45, 7) is 5.03. The summed E-state index contributed by atoms with van der Waals surface area (Å²) in [5, 5.41) is 0. The van der Waals surface area contributed by atoms with E-state index in [9.17, 15) is 14.4 Å². The molecule has 0 spiro atoms. The van der Waals surface area contributed by atoms with Gasteiger partial charge in [0.05, 0.1) is 24.3 Å². The average Bonchev–Trinajstić information content (AvgIpc) is 3.13. The van der Waals surface area contributed by atoms with Crippen molar-refractivity contribution in [3.8, 4) is 0 Å². The number of ketones is 1. The first kappa shape index (κ1) is 18.0. The summed E-state index contributed by atoms with van der Waals surface area (Å²) >= 11 is 0. The third kappa shape index (κ3) is 4.13. The van der Waals surface area contributed by atoms with Crippen LogP contribution in [-0.4, -0.2) is 35.9 Å². The number of aryl methyl sites for hydroxylation is 1. The molecule has 1 aliphatic rings. The van der Waals surface area contributed by atoms with Gasteiger partial charge in [-0.25, -0.2) is 4.79 Å². The summed E-state index contributed by atoms with van der Waals surface area (Å²) in [6, 6.07) is 0. The fourth-order valence-corrected chi connectivity index (χ4v) is 2.89. The van der Waals surface area contributed by atoms with Crippen LogP contribution in [-0.2, 0) is 14.3 Å². The number of esters is 2. The van der Waals surface area contributed by atoms with E-state index in [1.54, 1.807) is 20.8 Å². The van der Waals surface area contributed by atoms with E-state index in [-0.39, 0.29) is 36.6 Å². The summed E-state index contributed by atoms with van der Waals surface area (Å²) in [6.07, 6.45) is 6.27. The van der Waals surface area contributed by atoms with Crippen LogP contribution < -0.4 is 0 Å². The van der Waals surface area contributed by atoms with Crippen molar-refractivity contribution in [3.05, 3.63) is 34.7 Å². The number of nitrogens with one attached hydrogen (secondary N) is 1. The Morgan fingerprint density at radius 1 is 1.25 bits per heavy atom. The van der Waals surface area contributed by atoms with Gasteiger partial charge in [0.1, 0.15) is 0 Å². The first-order valence-electron chi connectivity index (χ1n) is 8.15. The summed E-state index contributed by atoms with van der Waals surface area (Å²) in [7, 11) is 0. The molecule has 0 aromatic carbocycles. The maximum Gasteiger partial charge on any atom is 0.340 e. The third-order valence-electron chi connectivity index (χ3n) is 4.10. The van der Waals surface area contributed by atoms with Crippen LogP contribution in [0.4, 0.5) is 0 Å². The van der Waals surface area contributed by atoms with Crippen LogP contribution in [0.15, 0.2) is 12.2 Å². The van der Waals surface area contributed by atoms with Crippen LogP contribution >= 0.6 is 0 Å². The molecule has 0 fully saturated rings. The zero-order valence-electron chi connectivity index (χ0n) is 14.3. The van der Waals surface area contributed by atoms with Crippen molar-refractivity contribution in [1.29, 1.82) is 0 Å². The molecule has 1 heterocycles. The van der Waals surface area contributed by atoms with Crippen LogP contribution in [0.3, 0.4) is 0 Å². The summed E-state index contributed by atoms with van der Waals surface area (Å²) in [4.78, 5) is 38.9. The monoisotopic (exact) mass is 333 g/mol. The molecule has 0 bridgehead atoms. The summed E-state index contributed by atoms with van der Waals surface area (Å²) in [5.74, 6) is -1.00. The number of carbonyl (C=O) groups is 3. The quantitative estimate of drug-likeness (QED) is 0.471. The van der Waals surface area contributed by atoms with E-state index in [2.05, 4.69) is 4.98 Å². The molecule has 2 rings (SSSR count). The zero-order valence-corrected chi connectivity index (χ0v) is 14.3. The van der Waals surface area contributed by atoms with Gasteiger partial charge in [0.2, 0.25) is 5.78 Å². The van der Waals surface area contributed by atoms with Crippen molar-refractivity contribution in [2.45, 2.75) is 40.0 Å². The molecule has 0 saturated heterocycles. The highest BCUT2D eigenvalue weighted by molar-refractivity contribution is 6.02. The predicted octanol–water partition coefficient (Wildman–Crippen LogP) is 2.89. The molecule has 0 radical (unpaired) electrons. The molecule has 1 aliphatic carbocycles. The Balaban J connectivity index is 1.97. The number of hydrogen-bond acceptors (Lipinski definition) is 5. The maximum absolute atomic E-state index is 12.3. The fraction of sp³-hybridized carbons (Fsp3) is 0.500. The van der Waals surface area contributed by atoms with Crippen molar-refractivity contribution in [1.82, 2.24) is 4.98 Å². The number of Topliss-reactive ketones (excluding diaryl/α,β-unsaturated/α-hetero) is 1. The Labute approximate surface area is 141 Å². The smallest absolute Gasteiger partial charge is 0.340 e. The molecular weight excluding hydrogens is 310 g/mol. The first-order chi connectivity index (χ1) is 11.4. The van der Waals surface area contributed by atoms with Gasteiger partial charge in [0.15, 0.2) is 6.61 Å². The van der Waals surface area contributed by atoms with Gasteiger partial charge in [-0.3, -0.25) is 9.59 Å². The van der Waals surface area contributed by atoms with E-state index in [4.69, 9.17) is 9.47 Å². The first-order valence-corrected chi connectivity index (χ1v) is 8.15. The van der Waals surface area contributed by atoms with Gasteiger partial charge in [-0.15, -0.1) is 0 Å². The molecule has 0 unspecified atom stereocenters. The minimum absolute atomic E-state index is 0.206. The minimum atomic E-state index is -0.465. The highest BCUT2D eigenvalue weighted by Gasteiger charge is 2.24. The maximum atomic E-state index is 12.3. The lowest BCUT2D eigenvalue weighted by atomic mass is 10.1. The van der Waals surface area contributed by atoms with E-state index in [0.29, 0.717) is 23.2 Å². The van der Waals surface area contributed by atoms with Crippen molar-refractivity contribution < 1.29 is 23.9 Å². The molecule has 1 atom stereocenters. The van der Waals surface area contributed by atoms with Crippen LogP contribution in [0.2, 0.25) is 0 Å². The predicted molar refractivity (Wildman–Crippen MR) is 88.0 cm³/mol. The standard InChI is InChI=1S/C18H23NO5/c1-4-23-18(22)16-11(2)17(19-12(16)3)14(20)10-24-15(21)9-13-7-5-6-8-13/h5,7,13,19H,4,6,8-10H2,1-3H3/t13-/m1/s1. The number of carbonyl (C=O) groups excluding carboxylic acids is 3. The lowest BCUT2D eigenvalue weighted by Gasteiger charge is -2.07. The Morgan fingerprint density at radius 3 is 2.62 bits per heavy atom. The number of hydrogen-bond donors (Lipinski definition) is 1. The van der Waals surface area contributed by atoms with Crippen LogP contribution in [0, 0.1) is 19.8 Å². The van der Waals surface area contributed by atoms with Gasteiger partial charge in [-0.1, -0.05) is 12.2 Å². The van der Waals surface area contributed by atoms with Crippen molar-refractivity contribution in [2.75, 3.05) is 13.2 Å². The highest BCUT2D eigenvalue weighted by Crippen LogP contribution is 2.22. The Kier molecular flexibility index (Phi) is 5.95. The van der Waals surface area contributed by atoms with Crippen molar-refractivity contribution in [2.24, 2.45) is 5.92 Å². The van der Waals surface area contributed by atoms with E-state index < -0.39 is 5.97 Å². The lowest BCUT2D eigenvalue weighted by Crippen LogP contribution is -2.17. The van der Waals surface area contributed by atoms with E-state index in [1.165, 1.54) is 0 Å². The van der Waals surface area contributed by atoms with Gasteiger partial charge in [0.25, 0.3) is 0 Å². The Hall–Kier alpha value is -2.37. The number of aromatic amines is 1. The second-order valence-electron chi connectivity index (χ2n) is 5.90. The van der Waals surface area contributed by atoms with Crippen LogP contribution in [0.5, 0.6) is 0 Å². The second kappa shape index (κ2) is 7.95. The molecule has 1 aromatic heterocycles. The van der Waals surface area contributed by atoms with Gasteiger partial charge >= 0.3 is 11.9 Å². The fourth-order valence-electron chi connectivity index (χ4n) is 2.89. The SMILES string of the molecule is CCOC(=O)c1c(C)[nH]c(C(=O)COC(=O)C[C@@H]2C=CCC2)c1C.